The summed E-state index contributed by atoms with van der Waals surface area (Å²) in [5.74, 6) is -0.401. The summed E-state index contributed by atoms with van der Waals surface area (Å²) in [6.45, 7) is 5.75. The number of rotatable bonds is 3. The van der Waals surface area contributed by atoms with Gasteiger partial charge < -0.3 is 9.72 Å². The molecule has 0 bridgehead atoms. The number of carbonyl (C=O) groups is 1. The smallest absolute Gasteiger partial charge is 0.348 e. The average Bonchev–Trinajstić information content (AvgIpc) is 2.78. The van der Waals surface area contributed by atoms with Crippen molar-refractivity contribution >= 4 is 17.3 Å². The molecular formula is C14H16N2O3S. The highest BCUT2D eigenvalue weighted by atomic mass is 32.1. The lowest BCUT2D eigenvalue weighted by Gasteiger charge is -2.11. The number of aromatic amines is 1. The maximum atomic E-state index is 12.0. The molecule has 0 saturated heterocycles. The minimum atomic E-state index is -0.408. The van der Waals surface area contributed by atoms with Crippen LogP contribution in [0.2, 0.25) is 0 Å². The largest absolute Gasteiger partial charge is 0.465 e. The molecule has 0 amide bonds. The molecule has 2 aromatic rings. The van der Waals surface area contributed by atoms with Gasteiger partial charge in [-0.15, -0.1) is 11.3 Å². The van der Waals surface area contributed by atoms with E-state index in [0.29, 0.717) is 21.7 Å². The Morgan fingerprint density at radius 2 is 2.15 bits per heavy atom. The van der Waals surface area contributed by atoms with Crippen LogP contribution in [0.15, 0.2) is 16.5 Å². The SMILES string of the molecule is COC(=O)c1scc(C)c1-c1nc[nH]c(=O)c1C(C)C. The third kappa shape index (κ3) is 2.38. The second-order valence-corrected chi connectivity index (χ2v) is 5.64. The topological polar surface area (TPSA) is 72.0 Å². The van der Waals surface area contributed by atoms with Crippen molar-refractivity contribution in [3.8, 4) is 11.3 Å². The van der Waals surface area contributed by atoms with E-state index in [-0.39, 0.29) is 11.5 Å². The lowest BCUT2D eigenvalue weighted by atomic mass is 9.97. The summed E-state index contributed by atoms with van der Waals surface area (Å²) in [5, 5.41) is 1.87. The van der Waals surface area contributed by atoms with Crippen molar-refractivity contribution in [3.05, 3.63) is 38.1 Å². The number of ether oxygens (including phenoxy) is 1. The molecule has 20 heavy (non-hydrogen) atoms. The Balaban J connectivity index is 2.76. The Kier molecular flexibility index (Phi) is 4.04. The average molecular weight is 292 g/mol. The number of thiophene rings is 1. The molecule has 2 rings (SSSR count). The van der Waals surface area contributed by atoms with E-state index in [0.717, 1.165) is 5.56 Å². The van der Waals surface area contributed by atoms with E-state index in [1.807, 2.05) is 26.2 Å². The number of carbonyl (C=O) groups excluding carboxylic acids is 1. The minimum absolute atomic E-state index is 0.00671. The Bertz CT molecular complexity index is 701. The Morgan fingerprint density at radius 3 is 2.75 bits per heavy atom. The second kappa shape index (κ2) is 5.58. The molecule has 0 aliphatic carbocycles. The zero-order valence-corrected chi connectivity index (χ0v) is 12.6. The van der Waals surface area contributed by atoms with Crippen molar-refractivity contribution in [2.75, 3.05) is 7.11 Å². The molecule has 0 unspecified atom stereocenters. The van der Waals surface area contributed by atoms with E-state index in [1.54, 1.807) is 0 Å². The summed E-state index contributed by atoms with van der Waals surface area (Å²) in [4.78, 5) is 31.2. The van der Waals surface area contributed by atoms with E-state index < -0.39 is 5.97 Å². The van der Waals surface area contributed by atoms with Crippen LogP contribution in [0.25, 0.3) is 11.3 Å². The fourth-order valence-electron chi connectivity index (χ4n) is 2.13. The summed E-state index contributed by atoms with van der Waals surface area (Å²) in [6, 6.07) is 0. The van der Waals surface area contributed by atoms with Gasteiger partial charge in [-0.1, -0.05) is 13.8 Å². The first-order chi connectivity index (χ1) is 9.47. The Morgan fingerprint density at radius 1 is 1.45 bits per heavy atom. The summed E-state index contributed by atoms with van der Waals surface area (Å²) < 4.78 is 4.80. The fourth-order valence-corrected chi connectivity index (χ4v) is 3.09. The number of H-pyrrole nitrogens is 1. The lowest BCUT2D eigenvalue weighted by molar-refractivity contribution is 0.0607. The van der Waals surface area contributed by atoms with Crippen molar-refractivity contribution in [2.45, 2.75) is 26.7 Å². The Hall–Kier alpha value is -1.95. The normalized spacial score (nSPS) is 10.8. The zero-order valence-electron chi connectivity index (χ0n) is 11.8. The third-order valence-electron chi connectivity index (χ3n) is 3.05. The van der Waals surface area contributed by atoms with Crippen molar-refractivity contribution in [3.63, 3.8) is 0 Å². The maximum Gasteiger partial charge on any atom is 0.348 e. The van der Waals surface area contributed by atoms with Crippen LogP contribution in [-0.2, 0) is 4.74 Å². The highest BCUT2D eigenvalue weighted by molar-refractivity contribution is 7.12. The van der Waals surface area contributed by atoms with E-state index in [2.05, 4.69) is 9.97 Å². The second-order valence-electron chi connectivity index (χ2n) is 4.76. The van der Waals surface area contributed by atoms with Crippen molar-refractivity contribution < 1.29 is 9.53 Å². The number of esters is 1. The molecule has 106 valence electrons. The lowest BCUT2D eigenvalue weighted by Crippen LogP contribution is -2.17. The third-order valence-corrected chi connectivity index (χ3v) is 4.13. The van der Waals surface area contributed by atoms with E-state index in [1.165, 1.54) is 24.8 Å². The molecule has 0 saturated carbocycles. The summed E-state index contributed by atoms with van der Waals surface area (Å²) in [6.07, 6.45) is 1.36. The zero-order chi connectivity index (χ0) is 14.9. The summed E-state index contributed by atoms with van der Waals surface area (Å²) >= 11 is 1.30. The highest BCUT2D eigenvalue weighted by Crippen LogP contribution is 2.34. The van der Waals surface area contributed by atoms with Crippen LogP contribution in [0, 0.1) is 6.92 Å². The number of aryl methyl sites for hydroxylation is 1. The fraction of sp³-hybridized carbons (Fsp3) is 0.357. The van der Waals surface area contributed by atoms with Gasteiger partial charge in [-0.2, -0.15) is 0 Å². The quantitative estimate of drug-likeness (QED) is 0.883. The van der Waals surface area contributed by atoms with Crippen molar-refractivity contribution in [1.82, 2.24) is 9.97 Å². The number of nitrogens with one attached hydrogen (secondary N) is 1. The molecule has 0 aliphatic heterocycles. The first-order valence-electron chi connectivity index (χ1n) is 6.21. The van der Waals surface area contributed by atoms with Gasteiger partial charge in [-0.05, 0) is 23.8 Å². The van der Waals surface area contributed by atoms with E-state index in [4.69, 9.17) is 4.74 Å². The van der Waals surface area contributed by atoms with E-state index in [9.17, 15) is 9.59 Å². The van der Waals surface area contributed by atoms with Gasteiger partial charge >= 0.3 is 5.97 Å². The van der Waals surface area contributed by atoms with Gasteiger partial charge in [0.2, 0.25) is 0 Å². The van der Waals surface area contributed by atoms with Crippen LogP contribution in [0.1, 0.15) is 40.6 Å². The van der Waals surface area contributed by atoms with Gasteiger partial charge in [0.1, 0.15) is 4.88 Å². The van der Waals surface area contributed by atoms with Gasteiger partial charge in [0, 0.05) is 11.1 Å². The molecular weight excluding hydrogens is 276 g/mol. The molecule has 1 N–H and O–H groups in total. The van der Waals surface area contributed by atoms with Crippen LogP contribution < -0.4 is 5.56 Å². The Labute approximate surface area is 120 Å². The van der Waals surface area contributed by atoms with Crippen molar-refractivity contribution in [1.29, 1.82) is 0 Å². The number of nitrogens with zero attached hydrogens (tertiary/aromatic N) is 1. The predicted octanol–water partition coefficient (Wildman–Crippen LogP) is 2.72. The molecule has 0 radical (unpaired) electrons. The number of hydrogen-bond acceptors (Lipinski definition) is 5. The summed E-state index contributed by atoms with van der Waals surface area (Å²) in [7, 11) is 1.34. The molecule has 0 aliphatic rings. The van der Waals surface area contributed by atoms with Crippen LogP contribution in [-0.4, -0.2) is 23.0 Å². The van der Waals surface area contributed by atoms with E-state index >= 15 is 0 Å². The minimum Gasteiger partial charge on any atom is -0.465 e. The van der Waals surface area contributed by atoms with Gasteiger partial charge in [-0.25, -0.2) is 9.78 Å². The first kappa shape index (κ1) is 14.5. The molecule has 2 aromatic heterocycles. The molecule has 0 aromatic carbocycles. The summed E-state index contributed by atoms with van der Waals surface area (Å²) in [5.41, 5.74) is 2.57. The van der Waals surface area contributed by atoms with Crippen LogP contribution >= 0.6 is 11.3 Å². The van der Waals surface area contributed by atoms with Gasteiger partial charge in [-0.3, -0.25) is 4.79 Å². The van der Waals surface area contributed by atoms with Crippen molar-refractivity contribution in [2.24, 2.45) is 0 Å². The molecule has 2 heterocycles. The monoisotopic (exact) mass is 292 g/mol. The van der Waals surface area contributed by atoms with Crippen LogP contribution in [0.4, 0.5) is 0 Å². The number of methoxy groups -OCH3 is 1. The predicted molar refractivity (Wildman–Crippen MR) is 78.3 cm³/mol. The van der Waals surface area contributed by atoms with Crippen LogP contribution in [0.3, 0.4) is 0 Å². The maximum absolute atomic E-state index is 12.0. The number of hydrogen-bond donors (Lipinski definition) is 1. The number of aromatic nitrogens is 2. The first-order valence-corrected chi connectivity index (χ1v) is 7.09. The molecule has 0 fully saturated rings. The van der Waals surface area contributed by atoms with Gasteiger partial charge in [0.25, 0.3) is 5.56 Å². The van der Waals surface area contributed by atoms with Gasteiger partial charge in [0.05, 0.1) is 19.1 Å². The highest BCUT2D eigenvalue weighted by Gasteiger charge is 2.23. The molecule has 5 nitrogen and oxygen atoms in total. The standard InChI is InChI=1S/C14H16N2O3S/c1-7(2)9-11(15-6-16-13(9)17)10-8(3)5-20-12(10)14(18)19-4/h5-7H,1-4H3,(H,15,16,17). The van der Waals surface area contributed by atoms with Crippen LogP contribution in [0.5, 0.6) is 0 Å². The molecule has 0 atom stereocenters. The molecule has 6 heteroatoms. The van der Waals surface area contributed by atoms with Gasteiger partial charge in [0.15, 0.2) is 0 Å². The molecule has 0 spiro atoms.